The molecule has 1 unspecified atom stereocenters. The molecule has 0 bridgehead atoms. The number of carbonyl (C=O) groups excluding carboxylic acids is 1. The number of aliphatic hydroxyl groups excluding tert-OH is 1. The highest BCUT2D eigenvalue weighted by molar-refractivity contribution is 5.93. The van der Waals surface area contributed by atoms with E-state index in [2.05, 4.69) is 5.32 Å². The summed E-state index contributed by atoms with van der Waals surface area (Å²) < 4.78 is 0. The fourth-order valence-electron chi connectivity index (χ4n) is 1.72. The van der Waals surface area contributed by atoms with E-state index in [1.807, 2.05) is 0 Å². The van der Waals surface area contributed by atoms with Gasteiger partial charge in [-0.15, -0.1) is 0 Å². The fraction of sp³-hybridized carbons (Fsp3) is 0.500. The van der Waals surface area contributed by atoms with E-state index in [0.717, 1.165) is 19.4 Å². The lowest BCUT2D eigenvalue weighted by Crippen LogP contribution is -2.39. The molecule has 6 nitrogen and oxygen atoms in total. The molecule has 0 aliphatic carbocycles. The largest absolute Gasteiger partial charge is 0.371 e. The highest BCUT2D eigenvalue weighted by Crippen LogP contribution is 2.06. The number of nitrogens with two attached hydrogens (primary N) is 1. The summed E-state index contributed by atoms with van der Waals surface area (Å²) in [4.78, 5) is 11.8. The van der Waals surface area contributed by atoms with E-state index in [1.54, 1.807) is 30.3 Å². The normalized spacial score (nSPS) is 12.2. The second kappa shape index (κ2) is 9.44. The third kappa shape index (κ3) is 5.66. The van der Waals surface area contributed by atoms with Crippen LogP contribution in [-0.2, 0) is 0 Å². The Kier molecular flexibility index (Phi) is 7.82. The first-order valence-corrected chi connectivity index (χ1v) is 6.83. The summed E-state index contributed by atoms with van der Waals surface area (Å²) in [6.45, 7) is 1.99. The number of rotatable bonds is 9. The van der Waals surface area contributed by atoms with Crippen LogP contribution < -0.4 is 11.1 Å². The second-order valence-electron chi connectivity index (χ2n) is 4.53. The van der Waals surface area contributed by atoms with E-state index >= 15 is 0 Å². The van der Waals surface area contributed by atoms with Gasteiger partial charge in [-0.05, 0) is 44.6 Å². The Hall–Kier alpha value is -1.47. The van der Waals surface area contributed by atoms with Crippen molar-refractivity contribution < 1.29 is 15.1 Å². The summed E-state index contributed by atoms with van der Waals surface area (Å²) in [6, 6.07) is 8.35. The standard InChI is InChI=1S/C14H23N3O3/c15-9-4-5-10-16-11-8-13(18)17(20)14(19)12-6-2-1-3-7-12/h1-3,6-7,13,16,18,20H,4-5,8-11,15H2. The van der Waals surface area contributed by atoms with Crippen LogP contribution >= 0.6 is 0 Å². The zero-order chi connectivity index (χ0) is 14.8. The molecule has 0 aliphatic heterocycles. The van der Waals surface area contributed by atoms with E-state index < -0.39 is 12.1 Å². The molecule has 1 amide bonds. The molecule has 0 radical (unpaired) electrons. The maximum Gasteiger partial charge on any atom is 0.279 e. The molecule has 6 heteroatoms. The van der Waals surface area contributed by atoms with Crippen molar-refractivity contribution >= 4 is 5.91 Å². The fourth-order valence-corrected chi connectivity index (χ4v) is 1.72. The Morgan fingerprint density at radius 2 is 1.95 bits per heavy atom. The highest BCUT2D eigenvalue weighted by Gasteiger charge is 2.20. The minimum atomic E-state index is -1.22. The molecular weight excluding hydrogens is 258 g/mol. The number of nitrogens with one attached hydrogen (secondary N) is 1. The number of carbonyl (C=O) groups is 1. The SMILES string of the molecule is NCCCCNCCC(O)N(O)C(=O)c1ccccc1. The third-order valence-corrected chi connectivity index (χ3v) is 2.90. The number of unbranched alkanes of at least 4 members (excludes halogenated alkanes) is 1. The zero-order valence-corrected chi connectivity index (χ0v) is 11.5. The van der Waals surface area contributed by atoms with Crippen LogP contribution in [-0.4, -0.2) is 47.1 Å². The zero-order valence-electron chi connectivity index (χ0n) is 11.5. The van der Waals surface area contributed by atoms with Gasteiger partial charge in [-0.2, -0.15) is 5.06 Å². The molecule has 20 heavy (non-hydrogen) atoms. The van der Waals surface area contributed by atoms with Gasteiger partial charge in [-0.3, -0.25) is 10.0 Å². The lowest BCUT2D eigenvalue weighted by Gasteiger charge is -2.21. The molecule has 0 saturated carbocycles. The van der Waals surface area contributed by atoms with E-state index in [1.165, 1.54) is 0 Å². The maximum absolute atomic E-state index is 11.8. The Labute approximate surface area is 119 Å². The number of hydrogen-bond acceptors (Lipinski definition) is 5. The predicted octanol–water partition coefficient (Wildman–Crippen LogP) is 0.555. The van der Waals surface area contributed by atoms with Gasteiger partial charge in [0.2, 0.25) is 0 Å². The molecule has 0 fully saturated rings. The van der Waals surface area contributed by atoms with Gasteiger partial charge >= 0.3 is 0 Å². The van der Waals surface area contributed by atoms with Gasteiger partial charge in [0.15, 0.2) is 6.23 Å². The third-order valence-electron chi connectivity index (χ3n) is 2.90. The van der Waals surface area contributed by atoms with Crippen molar-refractivity contribution in [3.05, 3.63) is 35.9 Å². The minimum Gasteiger partial charge on any atom is -0.371 e. The van der Waals surface area contributed by atoms with Crippen molar-refractivity contribution in [2.24, 2.45) is 5.73 Å². The first-order valence-electron chi connectivity index (χ1n) is 6.83. The van der Waals surface area contributed by atoms with Gasteiger partial charge in [0, 0.05) is 12.0 Å². The number of hydrogen-bond donors (Lipinski definition) is 4. The summed E-state index contributed by atoms with van der Waals surface area (Å²) >= 11 is 0. The van der Waals surface area contributed by atoms with Crippen LogP contribution in [0.3, 0.4) is 0 Å². The van der Waals surface area contributed by atoms with Gasteiger partial charge in [0.25, 0.3) is 5.91 Å². The van der Waals surface area contributed by atoms with Crippen LogP contribution in [0.2, 0.25) is 0 Å². The minimum absolute atomic E-state index is 0.262. The number of nitrogens with zero attached hydrogens (tertiary/aromatic N) is 1. The van der Waals surface area contributed by atoms with Crippen molar-refractivity contribution in [2.45, 2.75) is 25.5 Å². The summed E-state index contributed by atoms with van der Waals surface area (Å²) in [5.74, 6) is -0.610. The summed E-state index contributed by atoms with van der Waals surface area (Å²) in [7, 11) is 0. The quantitative estimate of drug-likeness (QED) is 0.229. The van der Waals surface area contributed by atoms with Crippen LogP contribution in [0.1, 0.15) is 29.6 Å². The van der Waals surface area contributed by atoms with Crippen molar-refractivity contribution in [1.82, 2.24) is 10.4 Å². The van der Waals surface area contributed by atoms with Gasteiger partial charge in [-0.25, -0.2) is 0 Å². The molecule has 0 spiro atoms. The topological polar surface area (TPSA) is 98.8 Å². The first kappa shape index (κ1) is 16.6. The van der Waals surface area contributed by atoms with Crippen molar-refractivity contribution in [1.29, 1.82) is 0 Å². The van der Waals surface area contributed by atoms with E-state index in [9.17, 15) is 15.1 Å². The van der Waals surface area contributed by atoms with Crippen molar-refractivity contribution in [2.75, 3.05) is 19.6 Å². The average molecular weight is 281 g/mol. The lowest BCUT2D eigenvalue weighted by molar-refractivity contribution is -0.159. The molecule has 5 N–H and O–H groups in total. The molecular formula is C14H23N3O3. The molecule has 112 valence electrons. The second-order valence-corrected chi connectivity index (χ2v) is 4.53. The molecule has 0 saturated heterocycles. The van der Waals surface area contributed by atoms with Gasteiger partial charge in [0.1, 0.15) is 0 Å². The molecule has 0 aromatic heterocycles. The molecule has 0 heterocycles. The van der Waals surface area contributed by atoms with Crippen molar-refractivity contribution in [3.63, 3.8) is 0 Å². The monoisotopic (exact) mass is 281 g/mol. The molecule has 1 rings (SSSR count). The maximum atomic E-state index is 11.8. The Bertz CT molecular complexity index is 387. The highest BCUT2D eigenvalue weighted by atomic mass is 16.5. The van der Waals surface area contributed by atoms with E-state index in [0.29, 0.717) is 23.7 Å². The van der Waals surface area contributed by atoms with Crippen LogP contribution in [0, 0.1) is 0 Å². The molecule has 1 aromatic carbocycles. The lowest BCUT2D eigenvalue weighted by atomic mass is 10.2. The van der Waals surface area contributed by atoms with Crippen molar-refractivity contribution in [3.8, 4) is 0 Å². The van der Waals surface area contributed by atoms with Crippen LogP contribution in [0.5, 0.6) is 0 Å². The summed E-state index contributed by atoms with van der Waals surface area (Å²) in [5.41, 5.74) is 5.71. The van der Waals surface area contributed by atoms with Crippen LogP contribution in [0.25, 0.3) is 0 Å². The van der Waals surface area contributed by atoms with Crippen LogP contribution in [0.4, 0.5) is 0 Å². The first-order chi connectivity index (χ1) is 9.66. The predicted molar refractivity (Wildman–Crippen MR) is 76.2 cm³/mol. The average Bonchev–Trinajstić information content (AvgIpc) is 2.50. The van der Waals surface area contributed by atoms with E-state index in [-0.39, 0.29) is 6.42 Å². The van der Waals surface area contributed by atoms with Gasteiger partial charge in [-0.1, -0.05) is 18.2 Å². The smallest absolute Gasteiger partial charge is 0.279 e. The van der Waals surface area contributed by atoms with Gasteiger partial charge in [0.05, 0.1) is 0 Å². The molecule has 1 aromatic rings. The van der Waals surface area contributed by atoms with E-state index in [4.69, 9.17) is 5.73 Å². The number of benzene rings is 1. The Morgan fingerprint density at radius 1 is 1.25 bits per heavy atom. The number of aliphatic hydroxyl groups is 1. The Morgan fingerprint density at radius 3 is 2.60 bits per heavy atom. The summed E-state index contributed by atoms with van der Waals surface area (Å²) in [5, 5.41) is 22.9. The van der Waals surface area contributed by atoms with Crippen LogP contribution in [0.15, 0.2) is 30.3 Å². The molecule has 1 atom stereocenters. The number of hydroxylamine groups is 2. The molecule has 0 aliphatic rings. The summed E-state index contributed by atoms with van der Waals surface area (Å²) in [6.07, 6.45) is 0.967. The number of amides is 1. The van der Waals surface area contributed by atoms with Gasteiger partial charge < -0.3 is 16.2 Å². The Balaban J connectivity index is 2.28.